The standard InChI is InChI=1S/C13H14ClN5O/c1-9-6-10-13(15-7-9)19(12(17-10)2-4-14)5-3-11-16-8-20-18-11/h6-8H,2-5H2,1H3. The molecule has 0 spiro atoms. The van der Waals surface area contributed by atoms with E-state index in [1.807, 2.05) is 19.2 Å². The molecule has 20 heavy (non-hydrogen) atoms. The largest absolute Gasteiger partial charge is 0.343 e. The van der Waals surface area contributed by atoms with E-state index in [1.165, 1.54) is 6.39 Å². The molecular weight excluding hydrogens is 278 g/mol. The van der Waals surface area contributed by atoms with Crippen LogP contribution < -0.4 is 0 Å². The third kappa shape index (κ3) is 2.51. The Morgan fingerprint density at radius 2 is 2.20 bits per heavy atom. The predicted octanol–water partition coefficient (Wildman–Crippen LogP) is 2.15. The maximum Gasteiger partial charge on any atom is 0.213 e. The Bertz CT molecular complexity index is 707. The number of fused-ring (bicyclic) bond motifs is 1. The van der Waals surface area contributed by atoms with Crippen molar-refractivity contribution in [3.05, 3.63) is 35.9 Å². The average molecular weight is 292 g/mol. The summed E-state index contributed by atoms with van der Waals surface area (Å²) < 4.78 is 6.82. The van der Waals surface area contributed by atoms with Crippen molar-refractivity contribution in [3.8, 4) is 0 Å². The Labute approximate surface area is 120 Å². The minimum absolute atomic E-state index is 0.532. The predicted molar refractivity (Wildman–Crippen MR) is 74.7 cm³/mol. The molecule has 0 aliphatic carbocycles. The molecule has 104 valence electrons. The number of aromatic nitrogens is 5. The molecule has 3 aromatic rings. The van der Waals surface area contributed by atoms with Gasteiger partial charge < -0.3 is 9.09 Å². The number of imidazole rings is 1. The summed E-state index contributed by atoms with van der Waals surface area (Å²) in [5.41, 5.74) is 2.87. The van der Waals surface area contributed by atoms with Crippen LogP contribution in [0.2, 0.25) is 0 Å². The summed E-state index contributed by atoms with van der Waals surface area (Å²) in [4.78, 5) is 13.1. The van der Waals surface area contributed by atoms with Crippen molar-refractivity contribution < 1.29 is 4.52 Å². The number of nitrogens with zero attached hydrogens (tertiary/aromatic N) is 5. The fourth-order valence-corrected chi connectivity index (χ4v) is 2.35. The molecule has 0 aliphatic rings. The number of pyridine rings is 1. The van der Waals surface area contributed by atoms with Crippen molar-refractivity contribution in [2.45, 2.75) is 26.3 Å². The summed E-state index contributed by atoms with van der Waals surface area (Å²) >= 11 is 5.85. The van der Waals surface area contributed by atoms with E-state index in [4.69, 9.17) is 16.1 Å². The Balaban J connectivity index is 1.95. The first-order chi connectivity index (χ1) is 9.78. The summed E-state index contributed by atoms with van der Waals surface area (Å²) in [6.45, 7) is 2.71. The van der Waals surface area contributed by atoms with Crippen LogP contribution in [0.4, 0.5) is 0 Å². The highest BCUT2D eigenvalue weighted by molar-refractivity contribution is 6.17. The molecule has 0 bridgehead atoms. The number of hydrogen-bond donors (Lipinski definition) is 0. The van der Waals surface area contributed by atoms with Crippen LogP contribution in [0.15, 0.2) is 23.2 Å². The van der Waals surface area contributed by atoms with Gasteiger partial charge in [0.2, 0.25) is 6.39 Å². The lowest BCUT2D eigenvalue weighted by molar-refractivity contribution is 0.408. The van der Waals surface area contributed by atoms with Crippen LogP contribution in [-0.2, 0) is 19.4 Å². The van der Waals surface area contributed by atoms with Gasteiger partial charge in [-0.1, -0.05) is 5.16 Å². The van der Waals surface area contributed by atoms with Crippen molar-refractivity contribution in [3.63, 3.8) is 0 Å². The van der Waals surface area contributed by atoms with Gasteiger partial charge in [0.15, 0.2) is 11.5 Å². The van der Waals surface area contributed by atoms with Crippen LogP contribution in [0.3, 0.4) is 0 Å². The van der Waals surface area contributed by atoms with E-state index in [0.717, 1.165) is 22.6 Å². The quantitative estimate of drug-likeness (QED) is 0.674. The Kier molecular flexibility index (Phi) is 3.64. The van der Waals surface area contributed by atoms with Crippen molar-refractivity contribution in [1.29, 1.82) is 0 Å². The number of rotatable bonds is 5. The van der Waals surface area contributed by atoms with Gasteiger partial charge in [-0.15, -0.1) is 11.6 Å². The van der Waals surface area contributed by atoms with Gasteiger partial charge >= 0.3 is 0 Å². The molecule has 0 fully saturated rings. The maximum absolute atomic E-state index is 5.85. The van der Waals surface area contributed by atoms with Gasteiger partial charge in [-0.25, -0.2) is 9.97 Å². The van der Waals surface area contributed by atoms with Gasteiger partial charge in [0.05, 0.1) is 0 Å². The van der Waals surface area contributed by atoms with E-state index >= 15 is 0 Å². The lowest BCUT2D eigenvalue weighted by Crippen LogP contribution is -2.08. The van der Waals surface area contributed by atoms with Crippen LogP contribution in [0.5, 0.6) is 0 Å². The fourth-order valence-electron chi connectivity index (χ4n) is 2.18. The molecule has 0 unspecified atom stereocenters. The Hall–Kier alpha value is -1.95. The molecule has 0 N–H and O–H groups in total. The SMILES string of the molecule is Cc1cnc2c(c1)nc(CCCl)n2CCc1ncon1. The summed E-state index contributed by atoms with van der Waals surface area (Å²) in [6.07, 6.45) is 4.57. The Morgan fingerprint density at radius 3 is 2.95 bits per heavy atom. The second kappa shape index (κ2) is 5.58. The topological polar surface area (TPSA) is 69.6 Å². The van der Waals surface area contributed by atoms with Gasteiger partial charge in [0.1, 0.15) is 11.3 Å². The van der Waals surface area contributed by atoms with Crippen LogP contribution in [0, 0.1) is 6.92 Å². The van der Waals surface area contributed by atoms with Crippen LogP contribution >= 0.6 is 11.6 Å². The van der Waals surface area contributed by atoms with E-state index in [-0.39, 0.29) is 0 Å². The molecule has 3 rings (SSSR count). The third-order valence-corrected chi connectivity index (χ3v) is 3.27. The first-order valence-corrected chi connectivity index (χ1v) is 6.94. The lowest BCUT2D eigenvalue weighted by Gasteiger charge is -2.06. The molecule has 3 aromatic heterocycles. The maximum atomic E-state index is 5.85. The van der Waals surface area contributed by atoms with E-state index in [1.54, 1.807) is 0 Å². The average Bonchev–Trinajstić information content (AvgIpc) is 3.04. The van der Waals surface area contributed by atoms with E-state index in [9.17, 15) is 0 Å². The summed E-state index contributed by atoms with van der Waals surface area (Å²) in [6, 6.07) is 2.03. The zero-order valence-corrected chi connectivity index (χ0v) is 11.8. The number of hydrogen-bond acceptors (Lipinski definition) is 5. The second-order valence-electron chi connectivity index (χ2n) is 4.57. The number of alkyl halides is 1. The minimum Gasteiger partial charge on any atom is -0.343 e. The Morgan fingerprint density at radius 1 is 1.30 bits per heavy atom. The van der Waals surface area contributed by atoms with E-state index in [0.29, 0.717) is 31.1 Å². The second-order valence-corrected chi connectivity index (χ2v) is 4.95. The lowest BCUT2D eigenvalue weighted by atomic mass is 10.3. The highest BCUT2D eigenvalue weighted by atomic mass is 35.5. The van der Waals surface area contributed by atoms with Crippen LogP contribution in [-0.4, -0.2) is 30.6 Å². The fraction of sp³-hybridized carbons (Fsp3) is 0.385. The molecule has 6 nitrogen and oxygen atoms in total. The minimum atomic E-state index is 0.532. The van der Waals surface area contributed by atoms with Gasteiger partial charge in [0.25, 0.3) is 0 Å². The third-order valence-electron chi connectivity index (χ3n) is 3.08. The molecule has 3 heterocycles. The summed E-state index contributed by atoms with van der Waals surface area (Å²) in [5, 5.41) is 3.82. The summed E-state index contributed by atoms with van der Waals surface area (Å²) in [5.74, 6) is 2.15. The van der Waals surface area contributed by atoms with Gasteiger partial charge in [0, 0.05) is 31.5 Å². The molecule has 0 saturated heterocycles. The smallest absolute Gasteiger partial charge is 0.213 e. The molecule has 0 saturated carbocycles. The first kappa shape index (κ1) is 13.1. The number of halogens is 1. The van der Waals surface area contributed by atoms with Crippen molar-refractivity contribution >= 4 is 22.8 Å². The van der Waals surface area contributed by atoms with Crippen molar-refractivity contribution in [2.24, 2.45) is 0 Å². The molecular formula is C13H14ClN5O. The number of aryl methyl sites for hydroxylation is 4. The highest BCUT2D eigenvalue weighted by Crippen LogP contribution is 2.16. The molecule has 0 aromatic carbocycles. The van der Waals surface area contributed by atoms with Crippen molar-refractivity contribution in [2.75, 3.05) is 5.88 Å². The van der Waals surface area contributed by atoms with Gasteiger partial charge in [-0.05, 0) is 18.6 Å². The van der Waals surface area contributed by atoms with Crippen LogP contribution in [0.25, 0.3) is 11.2 Å². The molecule has 0 amide bonds. The molecule has 0 radical (unpaired) electrons. The molecule has 7 heteroatoms. The van der Waals surface area contributed by atoms with Crippen molar-refractivity contribution in [1.82, 2.24) is 24.7 Å². The van der Waals surface area contributed by atoms with Gasteiger partial charge in [-0.2, -0.15) is 4.98 Å². The zero-order valence-electron chi connectivity index (χ0n) is 11.1. The van der Waals surface area contributed by atoms with E-state index < -0.39 is 0 Å². The monoisotopic (exact) mass is 291 g/mol. The van der Waals surface area contributed by atoms with Gasteiger partial charge in [-0.3, -0.25) is 0 Å². The first-order valence-electron chi connectivity index (χ1n) is 6.41. The molecule has 0 atom stereocenters. The van der Waals surface area contributed by atoms with Crippen LogP contribution in [0.1, 0.15) is 17.2 Å². The highest BCUT2D eigenvalue weighted by Gasteiger charge is 2.12. The molecule has 0 aliphatic heterocycles. The summed E-state index contributed by atoms with van der Waals surface area (Å²) in [7, 11) is 0. The van der Waals surface area contributed by atoms with E-state index in [2.05, 4.69) is 24.7 Å². The normalized spacial score (nSPS) is 11.3. The zero-order chi connectivity index (χ0) is 13.9.